The summed E-state index contributed by atoms with van der Waals surface area (Å²) in [6.45, 7) is 10.1. The van der Waals surface area contributed by atoms with E-state index in [1.165, 1.54) is 13.1 Å². The molecule has 0 aliphatic carbocycles. The fourth-order valence-electron chi connectivity index (χ4n) is 1.38. The van der Waals surface area contributed by atoms with Crippen molar-refractivity contribution in [3.8, 4) is 0 Å². The Bertz CT molecular complexity index is 128. The zero-order valence-corrected chi connectivity index (χ0v) is 8.05. The van der Waals surface area contributed by atoms with Gasteiger partial charge in [0.15, 0.2) is 0 Å². The summed E-state index contributed by atoms with van der Waals surface area (Å²) < 4.78 is 5.07. The van der Waals surface area contributed by atoms with Gasteiger partial charge in [0.25, 0.3) is 0 Å². The number of hydrogen-bond acceptors (Lipinski definition) is 2. The van der Waals surface area contributed by atoms with Crippen LogP contribution in [0.5, 0.6) is 0 Å². The first-order valence-electron chi connectivity index (χ1n) is 4.26. The summed E-state index contributed by atoms with van der Waals surface area (Å²) >= 11 is 0. The van der Waals surface area contributed by atoms with Crippen LogP contribution in [0.25, 0.3) is 0 Å². The molecule has 0 aromatic rings. The molecule has 0 N–H and O–H groups in total. The minimum Gasteiger partial charge on any atom is -0.383 e. The summed E-state index contributed by atoms with van der Waals surface area (Å²) in [7, 11) is 1.77. The van der Waals surface area contributed by atoms with Crippen molar-refractivity contribution in [3.63, 3.8) is 0 Å². The van der Waals surface area contributed by atoms with Gasteiger partial charge in [0, 0.05) is 26.2 Å². The minimum absolute atomic E-state index is 0.433. The quantitative estimate of drug-likeness (QED) is 0.573. The maximum atomic E-state index is 5.07. The average Bonchev–Trinajstić information content (AvgIpc) is 2.44. The fourth-order valence-corrected chi connectivity index (χ4v) is 1.38. The molecular weight excluding hydrogens is 138 g/mol. The van der Waals surface area contributed by atoms with E-state index < -0.39 is 0 Å². The third-order valence-electron chi connectivity index (χ3n) is 1.86. The van der Waals surface area contributed by atoms with Crippen LogP contribution in [0.4, 0.5) is 0 Å². The summed E-state index contributed by atoms with van der Waals surface area (Å²) in [5.41, 5.74) is 0.433. The molecule has 0 spiro atoms. The third kappa shape index (κ3) is 3.21. The Balaban J connectivity index is 2.13. The highest BCUT2D eigenvalue weighted by atomic mass is 16.5. The van der Waals surface area contributed by atoms with Gasteiger partial charge in [0.05, 0.1) is 6.61 Å². The summed E-state index contributed by atoms with van der Waals surface area (Å²) in [5, 5.41) is 0. The molecule has 1 saturated heterocycles. The van der Waals surface area contributed by atoms with E-state index >= 15 is 0 Å². The molecule has 1 heterocycles. The first-order valence-corrected chi connectivity index (χ1v) is 4.26. The number of hydrogen-bond donors (Lipinski definition) is 0. The highest BCUT2D eigenvalue weighted by molar-refractivity contribution is 4.91. The molecule has 1 aliphatic heterocycles. The van der Waals surface area contributed by atoms with Crippen molar-refractivity contribution in [1.82, 2.24) is 4.90 Å². The number of rotatable bonds is 3. The molecule has 0 radical (unpaired) electrons. The van der Waals surface area contributed by atoms with Gasteiger partial charge < -0.3 is 4.74 Å². The maximum Gasteiger partial charge on any atom is 0.0630 e. The molecule has 0 bridgehead atoms. The van der Waals surface area contributed by atoms with Gasteiger partial charge in [-0.3, -0.25) is 4.90 Å². The molecule has 1 aliphatic rings. The van der Waals surface area contributed by atoms with Crippen LogP contribution in [0.15, 0.2) is 0 Å². The van der Waals surface area contributed by atoms with Gasteiger partial charge in [-0.2, -0.15) is 0 Å². The van der Waals surface area contributed by atoms with E-state index in [4.69, 9.17) is 4.74 Å². The van der Waals surface area contributed by atoms with Crippen molar-refractivity contribution in [2.24, 2.45) is 5.41 Å². The lowest BCUT2D eigenvalue weighted by Crippen LogP contribution is -2.21. The van der Waals surface area contributed by atoms with E-state index in [1.54, 1.807) is 7.11 Å². The van der Waals surface area contributed by atoms with Gasteiger partial charge in [0.1, 0.15) is 0 Å². The number of ether oxygens (including phenoxy) is 1. The Hall–Kier alpha value is -0.0800. The van der Waals surface area contributed by atoms with Crippen molar-refractivity contribution in [3.05, 3.63) is 0 Å². The van der Waals surface area contributed by atoms with Gasteiger partial charge in [-0.15, -0.1) is 0 Å². The molecule has 2 unspecified atom stereocenters. The van der Waals surface area contributed by atoms with Crippen LogP contribution in [0.1, 0.15) is 20.8 Å². The molecule has 1 fully saturated rings. The molecule has 2 heteroatoms. The summed E-state index contributed by atoms with van der Waals surface area (Å²) in [5.74, 6) is 0. The summed E-state index contributed by atoms with van der Waals surface area (Å²) in [6, 6.07) is 0.708. The van der Waals surface area contributed by atoms with Gasteiger partial charge in [-0.05, 0) is 5.41 Å². The number of methoxy groups -OCH3 is 1. The predicted molar refractivity (Wildman–Crippen MR) is 46.7 cm³/mol. The largest absolute Gasteiger partial charge is 0.383 e. The smallest absolute Gasteiger partial charge is 0.0630 e. The van der Waals surface area contributed by atoms with E-state index in [-0.39, 0.29) is 0 Å². The van der Waals surface area contributed by atoms with Gasteiger partial charge in [0.2, 0.25) is 0 Å². The zero-order valence-electron chi connectivity index (χ0n) is 8.05. The Labute approximate surface area is 69.5 Å². The van der Waals surface area contributed by atoms with Crippen LogP contribution in [0, 0.1) is 5.41 Å². The summed E-state index contributed by atoms with van der Waals surface area (Å²) in [6.07, 6.45) is 0. The average molecular weight is 157 g/mol. The topological polar surface area (TPSA) is 12.2 Å². The normalized spacial score (nSPS) is 30.5. The molecule has 1 rings (SSSR count). The van der Waals surface area contributed by atoms with Crippen LogP contribution in [-0.2, 0) is 4.74 Å². The Morgan fingerprint density at radius 3 is 2.55 bits per heavy atom. The fraction of sp³-hybridized carbons (Fsp3) is 1.00. The van der Waals surface area contributed by atoms with Crippen LogP contribution in [-0.4, -0.2) is 37.7 Å². The van der Waals surface area contributed by atoms with E-state index in [2.05, 4.69) is 25.7 Å². The highest BCUT2D eigenvalue weighted by Crippen LogP contribution is 2.24. The zero-order chi connectivity index (χ0) is 8.48. The lowest BCUT2D eigenvalue weighted by molar-refractivity contribution is 0.180. The van der Waals surface area contributed by atoms with Gasteiger partial charge in [-0.25, -0.2) is 0 Å². The molecule has 2 nitrogen and oxygen atoms in total. The third-order valence-corrected chi connectivity index (χ3v) is 1.86. The van der Waals surface area contributed by atoms with Crippen LogP contribution >= 0.6 is 0 Å². The molecule has 0 aromatic heterocycles. The van der Waals surface area contributed by atoms with Crippen LogP contribution < -0.4 is 0 Å². The molecular formula is C9H19NO. The SMILES string of the molecule is COCC1CN1CC(C)(C)C. The Morgan fingerprint density at radius 1 is 1.45 bits per heavy atom. The lowest BCUT2D eigenvalue weighted by atomic mass is 9.97. The standard InChI is InChI=1S/C9H19NO/c1-9(2,3)7-10-5-8(10)6-11-4/h8H,5-7H2,1-4H3. The van der Waals surface area contributed by atoms with Crippen molar-refractivity contribution >= 4 is 0 Å². The lowest BCUT2D eigenvalue weighted by Gasteiger charge is -2.18. The second-order valence-corrected chi connectivity index (χ2v) is 4.60. The second-order valence-electron chi connectivity index (χ2n) is 4.60. The molecule has 0 aromatic carbocycles. The second kappa shape index (κ2) is 3.11. The van der Waals surface area contributed by atoms with Gasteiger partial charge in [-0.1, -0.05) is 20.8 Å². The number of nitrogens with zero attached hydrogens (tertiary/aromatic N) is 1. The van der Waals surface area contributed by atoms with Crippen molar-refractivity contribution in [1.29, 1.82) is 0 Å². The Kier molecular flexibility index (Phi) is 2.55. The van der Waals surface area contributed by atoms with E-state index in [0.717, 1.165) is 6.61 Å². The maximum absolute atomic E-state index is 5.07. The van der Waals surface area contributed by atoms with E-state index in [9.17, 15) is 0 Å². The first kappa shape index (κ1) is 9.01. The minimum atomic E-state index is 0.433. The van der Waals surface area contributed by atoms with E-state index in [1.807, 2.05) is 0 Å². The van der Waals surface area contributed by atoms with Crippen molar-refractivity contribution in [2.45, 2.75) is 26.8 Å². The Morgan fingerprint density at radius 2 is 2.09 bits per heavy atom. The van der Waals surface area contributed by atoms with Gasteiger partial charge >= 0.3 is 0 Å². The molecule has 0 amide bonds. The van der Waals surface area contributed by atoms with Crippen molar-refractivity contribution in [2.75, 3.05) is 26.8 Å². The van der Waals surface area contributed by atoms with Crippen LogP contribution in [0.3, 0.4) is 0 Å². The summed E-state index contributed by atoms with van der Waals surface area (Å²) in [4.78, 5) is 2.46. The molecule has 2 atom stereocenters. The van der Waals surface area contributed by atoms with Crippen molar-refractivity contribution < 1.29 is 4.74 Å². The highest BCUT2D eigenvalue weighted by Gasteiger charge is 2.35. The monoisotopic (exact) mass is 157 g/mol. The van der Waals surface area contributed by atoms with Crippen LogP contribution in [0.2, 0.25) is 0 Å². The molecule has 66 valence electrons. The predicted octanol–water partition coefficient (Wildman–Crippen LogP) is 1.36. The molecule has 11 heavy (non-hydrogen) atoms. The molecule has 0 saturated carbocycles. The van der Waals surface area contributed by atoms with E-state index in [0.29, 0.717) is 11.5 Å². The first-order chi connectivity index (χ1) is 5.03.